The van der Waals surface area contributed by atoms with Gasteiger partial charge in [0.15, 0.2) is 10.2 Å². The fourth-order valence-electron chi connectivity index (χ4n) is 1.88. The van der Waals surface area contributed by atoms with E-state index in [1.807, 2.05) is 0 Å². The van der Waals surface area contributed by atoms with E-state index in [0.29, 0.717) is 29.1 Å². The lowest BCUT2D eigenvalue weighted by Crippen LogP contribution is -1.99. The zero-order valence-corrected chi connectivity index (χ0v) is 13.5. The molecule has 118 valence electrons. The fraction of sp³-hybridized carbons (Fsp3) is 0.286. The predicted molar refractivity (Wildman–Crippen MR) is 85.8 cm³/mol. The zero-order chi connectivity index (χ0) is 15.6. The van der Waals surface area contributed by atoms with Gasteiger partial charge in [0, 0.05) is 11.6 Å². The maximum atomic E-state index is 12.9. The first-order valence-electron chi connectivity index (χ1n) is 7.07. The Balaban J connectivity index is 1.37. The summed E-state index contributed by atoms with van der Waals surface area (Å²) in [5.74, 6) is 1.20. The number of benzene rings is 1. The Labute approximate surface area is 139 Å². The van der Waals surface area contributed by atoms with Gasteiger partial charge in [-0.3, -0.25) is 0 Å². The van der Waals surface area contributed by atoms with E-state index < -0.39 is 0 Å². The Morgan fingerprint density at radius 1 is 1.26 bits per heavy atom. The minimum Gasteiger partial charge on any atom is -0.357 e. The lowest BCUT2D eigenvalue weighted by Gasteiger charge is -1.94. The summed E-state index contributed by atoms with van der Waals surface area (Å²) in [7, 11) is 0. The average molecular weight is 349 g/mol. The van der Waals surface area contributed by atoms with Gasteiger partial charge in [-0.15, -0.1) is 10.2 Å². The Morgan fingerprint density at radius 3 is 2.87 bits per heavy atom. The molecular weight excluding hydrogens is 337 g/mol. The van der Waals surface area contributed by atoms with Gasteiger partial charge in [-0.2, -0.15) is 4.98 Å². The van der Waals surface area contributed by atoms with Crippen LogP contribution in [0.4, 0.5) is 9.52 Å². The van der Waals surface area contributed by atoms with Crippen LogP contribution < -0.4 is 5.32 Å². The van der Waals surface area contributed by atoms with Gasteiger partial charge in [0.1, 0.15) is 5.82 Å². The smallest absolute Gasteiger partial charge is 0.257 e. The van der Waals surface area contributed by atoms with Crippen molar-refractivity contribution in [3.05, 3.63) is 35.9 Å². The third kappa shape index (κ3) is 3.67. The van der Waals surface area contributed by atoms with Gasteiger partial charge in [-0.1, -0.05) is 28.3 Å². The maximum absolute atomic E-state index is 12.9. The van der Waals surface area contributed by atoms with Crippen LogP contribution in [-0.2, 0) is 5.75 Å². The number of halogens is 1. The lowest BCUT2D eigenvalue weighted by atomic mass is 10.2. The number of nitrogens with one attached hydrogen (secondary N) is 1. The highest BCUT2D eigenvalue weighted by Crippen LogP contribution is 2.31. The van der Waals surface area contributed by atoms with Crippen LogP contribution in [0.25, 0.3) is 11.5 Å². The molecule has 4 rings (SSSR count). The SMILES string of the molecule is Fc1ccc(-c2nc(CSc3nnc(NC4CC4)s3)no2)cc1. The summed E-state index contributed by atoms with van der Waals surface area (Å²) >= 11 is 3.04. The number of nitrogens with zero attached hydrogens (tertiary/aromatic N) is 4. The van der Waals surface area contributed by atoms with Crippen LogP contribution >= 0.6 is 23.1 Å². The molecule has 1 aliphatic carbocycles. The second-order valence-electron chi connectivity index (χ2n) is 5.10. The molecule has 1 aromatic carbocycles. The second kappa shape index (κ2) is 6.25. The minimum absolute atomic E-state index is 0.295. The van der Waals surface area contributed by atoms with Crippen molar-refractivity contribution in [3.63, 3.8) is 0 Å². The molecule has 1 aliphatic rings. The Kier molecular flexibility index (Phi) is 3.96. The number of hydrogen-bond acceptors (Lipinski definition) is 8. The van der Waals surface area contributed by atoms with Crippen LogP contribution in [-0.4, -0.2) is 26.4 Å². The van der Waals surface area contributed by atoms with E-state index in [1.54, 1.807) is 12.1 Å². The highest BCUT2D eigenvalue weighted by molar-refractivity contribution is 8.00. The summed E-state index contributed by atoms with van der Waals surface area (Å²) in [5.41, 5.74) is 0.696. The summed E-state index contributed by atoms with van der Waals surface area (Å²) in [5, 5.41) is 16.3. The van der Waals surface area contributed by atoms with Crippen molar-refractivity contribution in [2.75, 3.05) is 5.32 Å². The van der Waals surface area contributed by atoms with Gasteiger partial charge in [-0.25, -0.2) is 4.39 Å². The van der Waals surface area contributed by atoms with Crippen LogP contribution in [0.2, 0.25) is 0 Å². The third-order valence-corrected chi connectivity index (χ3v) is 5.18. The first-order chi connectivity index (χ1) is 11.3. The molecule has 1 fully saturated rings. The van der Waals surface area contributed by atoms with Crippen LogP contribution in [0.3, 0.4) is 0 Å². The number of aromatic nitrogens is 4. The molecule has 6 nitrogen and oxygen atoms in total. The first kappa shape index (κ1) is 14.6. The van der Waals surface area contributed by atoms with E-state index in [2.05, 4.69) is 25.7 Å². The molecule has 2 aromatic heterocycles. The molecule has 0 radical (unpaired) electrons. The largest absolute Gasteiger partial charge is 0.357 e. The summed E-state index contributed by atoms with van der Waals surface area (Å²) in [6.07, 6.45) is 2.41. The normalized spacial score (nSPS) is 14.1. The molecule has 0 aliphatic heterocycles. The van der Waals surface area contributed by atoms with Crippen molar-refractivity contribution in [2.45, 2.75) is 29.0 Å². The van der Waals surface area contributed by atoms with Crippen molar-refractivity contribution in [1.82, 2.24) is 20.3 Å². The Morgan fingerprint density at radius 2 is 2.09 bits per heavy atom. The van der Waals surface area contributed by atoms with Gasteiger partial charge < -0.3 is 9.84 Å². The van der Waals surface area contributed by atoms with Gasteiger partial charge in [0.2, 0.25) is 5.13 Å². The van der Waals surface area contributed by atoms with Crippen LogP contribution in [0.5, 0.6) is 0 Å². The third-order valence-electron chi connectivity index (χ3n) is 3.20. The number of thioether (sulfide) groups is 1. The lowest BCUT2D eigenvalue weighted by molar-refractivity contribution is 0.425. The number of anilines is 1. The van der Waals surface area contributed by atoms with E-state index in [4.69, 9.17) is 4.52 Å². The molecule has 23 heavy (non-hydrogen) atoms. The van der Waals surface area contributed by atoms with Crippen molar-refractivity contribution in [3.8, 4) is 11.5 Å². The molecule has 0 atom stereocenters. The van der Waals surface area contributed by atoms with Crippen molar-refractivity contribution in [2.24, 2.45) is 0 Å². The van der Waals surface area contributed by atoms with E-state index in [0.717, 1.165) is 9.47 Å². The highest BCUT2D eigenvalue weighted by atomic mass is 32.2. The second-order valence-corrected chi connectivity index (χ2v) is 7.30. The Bertz CT molecular complexity index is 800. The first-order valence-corrected chi connectivity index (χ1v) is 8.88. The summed E-state index contributed by atoms with van der Waals surface area (Å²) in [6.45, 7) is 0. The molecule has 0 amide bonds. The van der Waals surface area contributed by atoms with E-state index in [9.17, 15) is 4.39 Å². The summed E-state index contributed by atoms with van der Waals surface area (Å²) in [4.78, 5) is 4.31. The molecule has 0 saturated heterocycles. The molecule has 0 spiro atoms. The molecule has 0 bridgehead atoms. The van der Waals surface area contributed by atoms with E-state index in [-0.39, 0.29) is 5.82 Å². The minimum atomic E-state index is -0.295. The van der Waals surface area contributed by atoms with Crippen LogP contribution in [0.15, 0.2) is 33.1 Å². The van der Waals surface area contributed by atoms with Gasteiger partial charge in [0.25, 0.3) is 5.89 Å². The average Bonchev–Trinajstić information content (AvgIpc) is 3.07. The molecule has 1 N–H and O–H groups in total. The molecular formula is C14H12FN5OS2. The molecule has 1 saturated carbocycles. The van der Waals surface area contributed by atoms with Crippen molar-refractivity contribution >= 4 is 28.2 Å². The molecule has 3 aromatic rings. The van der Waals surface area contributed by atoms with Gasteiger partial charge >= 0.3 is 0 Å². The summed E-state index contributed by atoms with van der Waals surface area (Å²) in [6, 6.07) is 6.52. The number of hydrogen-bond donors (Lipinski definition) is 1. The maximum Gasteiger partial charge on any atom is 0.257 e. The molecule has 0 unspecified atom stereocenters. The molecule has 2 heterocycles. The van der Waals surface area contributed by atoms with Gasteiger partial charge in [0.05, 0.1) is 5.75 Å². The van der Waals surface area contributed by atoms with E-state index >= 15 is 0 Å². The van der Waals surface area contributed by atoms with Crippen LogP contribution in [0.1, 0.15) is 18.7 Å². The topological polar surface area (TPSA) is 76.7 Å². The molecule has 9 heteroatoms. The number of rotatable bonds is 6. The van der Waals surface area contributed by atoms with Crippen LogP contribution in [0, 0.1) is 5.82 Å². The predicted octanol–water partition coefficient (Wildman–Crippen LogP) is 3.59. The summed E-state index contributed by atoms with van der Waals surface area (Å²) < 4.78 is 19.0. The quantitative estimate of drug-likeness (QED) is 0.681. The fourth-order valence-corrected chi connectivity index (χ4v) is 3.55. The van der Waals surface area contributed by atoms with Crippen molar-refractivity contribution in [1.29, 1.82) is 0 Å². The Hall–Kier alpha value is -2.00. The van der Waals surface area contributed by atoms with Crippen molar-refractivity contribution < 1.29 is 8.91 Å². The standard InChI is InChI=1S/C14H12FN5OS2/c15-9-3-1-8(2-4-9)12-17-11(20-21-12)7-22-14-19-18-13(23-14)16-10-5-6-10/h1-4,10H,5-7H2,(H,16,18). The van der Waals surface area contributed by atoms with E-state index in [1.165, 1.54) is 48.1 Å². The monoisotopic (exact) mass is 349 g/mol. The zero-order valence-electron chi connectivity index (χ0n) is 11.9. The van der Waals surface area contributed by atoms with Gasteiger partial charge in [-0.05, 0) is 37.1 Å². The highest BCUT2D eigenvalue weighted by Gasteiger charge is 2.22.